The Balaban J connectivity index is 2.06. The van der Waals surface area contributed by atoms with Crippen molar-refractivity contribution in [3.63, 3.8) is 0 Å². The molecule has 0 spiro atoms. The summed E-state index contributed by atoms with van der Waals surface area (Å²) in [5.74, 6) is -0.687. The average Bonchev–Trinajstić information content (AvgIpc) is 2.39. The largest absolute Gasteiger partial charge is 0.481 e. The van der Waals surface area contributed by atoms with Crippen LogP contribution in [0, 0.1) is 5.41 Å². The highest BCUT2D eigenvalue weighted by atomic mass is 16.4. The summed E-state index contributed by atoms with van der Waals surface area (Å²) in [5.41, 5.74) is 1.43. The molecule has 0 aliphatic carbocycles. The number of hydrogen-bond donors (Lipinski definition) is 2. The molecule has 1 aliphatic heterocycles. The summed E-state index contributed by atoms with van der Waals surface area (Å²) in [6.07, 6.45) is 4.29. The van der Waals surface area contributed by atoms with Gasteiger partial charge in [-0.2, -0.15) is 0 Å². The predicted molar refractivity (Wildman–Crippen MR) is 71.6 cm³/mol. The summed E-state index contributed by atoms with van der Waals surface area (Å²) in [6.45, 7) is 2.00. The molecule has 0 aromatic heterocycles. The van der Waals surface area contributed by atoms with Gasteiger partial charge in [0.25, 0.3) is 0 Å². The Morgan fingerprint density at radius 2 is 2.11 bits per heavy atom. The monoisotopic (exact) mass is 247 g/mol. The summed E-state index contributed by atoms with van der Waals surface area (Å²) in [6, 6.07) is 10.4. The predicted octanol–water partition coefficient (Wildman–Crippen LogP) is 2.46. The summed E-state index contributed by atoms with van der Waals surface area (Å²) < 4.78 is 0. The van der Waals surface area contributed by atoms with Crippen molar-refractivity contribution in [3.8, 4) is 0 Å². The Kier molecular flexibility index (Phi) is 4.37. The first-order chi connectivity index (χ1) is 8.70. The molecule has 1 atom stereocenters. The highest BCUT2D eigenvalue weighted by Crippen LogP contribution is 2.35. The lowest BCUT2D eigenvalue weighted by Crippen LogP contribution is -2.41. The van der Waals surface area contributed by atoms with Gasteiger partial charge in [-0.3, -0.25) is 4.79 Å². The molecule has 18 heavy (non-hydrogen) atoms. The smallest absolute Gasteiger partial charge is 0.303 e. The van der Waals surface area contributed by atoms with E-state index in [2.05, 4.69) is 29.6 Å². The maximum atomic E-state index is 10.8. The standard InChI is InChI=1S/C15H21NO2/c17-14(18)7-9-15(8-4-10-16-12-15)11-13-5-2-1-3-6-13/h1-3,5-6,16H,4,7-12H2,(H,17,18)/t15-/m0/s1. The van der Waals surface area contributed by atoms with Gasteiger partial charge in [0.15, 0.2) is 0 Å². The number of carboxylic acid groups (broad SMARTS) is 1. The third-order valence-electron chi connectivity index (χ3n) is 3.85. The van der Waals surface area contributed by atoms with Crippen molar-refractivity contribution in [2.75, 3.05) is 13.1 Å². The second-order valence-corrected chi connectivity index (χ2v) is 5.34. The molecule has 0 radical (unpaired) electrons. The van der Waals surface area contributed by atoms with Crippen LogP contribution >= 0.6 is 0 Å². The average molecular weight is 247 g/mol. The molecule has 1 aliphatic rings. The van der Waals surface area contributed by atoms with Gasteiger partial charge in [-0.1, -0.05) is 30.3 Å². The number of benzene rings is 1. The molecule has 3 heteroatoms. The minimum absolute atomic E-state index is 0.123. The summed E-state index contributed by atoms with van der Waals surface area (Å²) in [5, 5.41) is 12.3. The molecule has 1 aromatic carbocycles. The number of carboxylic acids is 1. The van der Waals surface area contributed by atoms with Crippen LogP contribution in [0.4, 0.5) is 0 Å². The van der Waals surface area contributed by atoms with Crippen molar-refractivity contribution in [2.45, 2.75) is 32.1 Å². The zero-order valence-electron chi connectivity index (χ0n) is 10.7. The van der Waals surface area contributed by atoms with Gasteiger partial charge >= 0.3 is 5.97 Å². The third-order valence-corrected chi connectivity index (χ3v) is 3.85. The van der Waals surface area contributed by atoms with E-state index >= 15 is 0 Å². The Morgan fingerprint density at radius 3 is 2.72 bits per heavy atom. The lowest BCUT2D eigenvalue weighted by atomic mass is 9.72. The van der Waals surface area contributed by atoms with Crippen LogP contribution in [0.25, 0.3) is 0 Å². The van der Waals surface area contributed by atoms with E-state index in [0.717, 1.165) is 38.8 Å². The highest BCUT2D eigenvalue weighted by molar-refractivity contribution is 5.66. The van der Waals surface area contributed by atoms with Crippen LogP contribution in [0.2, 0.25) is 0 Å². The van der Waals surface area contributed by atoms with Gasteiger partial charge in [0.2, 0.25) is 0 Å². The SMILES string of the molecule is O=C(O)CC[C@]1(Cc2ccccc2)CCCNC1. The first-order valence-electron chi connectivity index (χ1n) is 6.67. The molecule has 1 aromatic rings. The minimum atomic E-state index is -0.687. The fraction of sp³-hybridized carbons (Fsp3) is 0.533. The van der Waals surface area contributed by atoms with Crippen LogP contribution in [0.15, 0.2) is 30.3 Å². The van der Waals surface area contributed by atoms with E-state index < -0.39 is 5.97 Å². The molecule has 0 saturated carbocycles. The van der Waals surface area contributed by atoms with E-state index in [0.29, 0.717) is 0 Å². The van der Waals surface area contributed by atoms with Gasteiger partial charge in [0.1, 0.15) is 0 Å². The number of piperidine rings is 1. The summed E-state index contributed by atoms with van der Waals surface area (Å²) in [4.78, 5) is 10.8. The lowest BCUT2D eigenvalue weighted by molar-refractivity contribution is -0.137. The van der Waals surface area contributed by atoms with Crippen LogP contribution in [0.1, 0.15) is 31.2 Å². The Bertz CT molecular complexity index is 383. The maximum Gasteiger partial charge on any atom is 0.303 e. The molecule has 0 unspecified atom stereocenters. The van der Waals surface area contributed by atoms with Crippen molar-refractivity contribution >= 4 is 5.97 Å². The van der Waals surface area contributed by atoms with Gasteiger partial charge in [0.05, 0.1) is 0 Å². The number of nitrogens with one attached hydrogen (secondary N) is 1. The second-order valence-electron chi connectivity index (χ2n) is 5.34. The van der Waals surface area contributed by atoms with Crippen molar-refractivity contribution in [2.24, 2.45) is 5.41 Å². The molecular formula is C15H21NO2. The van der Waals surface area contributed by atoms with E-state index in [-0.39, 0.29) is 11.8 Å². The van der Waals surface area contributed by atoms with Gasteiger partial charge < -0.3 is 10.4 Å². The summed E-state index contributed by atoms with van der Waals surface area (Å²) >= 11 is 0. The van der Waals surface area contributed by atoms with E-state index in [1.807, 2.05) is 6.07 Å². The van der Waals surface area contributed by atoms with Gasteiger partial charge in [-0.15, -0.1) is 0 Å². The summed E-state index contributed by atoms with van der Waals surface area (Å²) in [7, 11) is 0. The van der Waals surface area contributed by atoms with Gasteiger partial charge in [0, 0.05) is 13.0 Å². The maximum absolute atomic E-state index is 10.8. The number of hydrogen-bond acceptors (Lipinski definition) is 2. The number of aliphatic carboxylic acids is 1. The van der Waals surface area contributed by atoms with Crippen LogP contribution in [-0.2, 0) is 11.2 Å². The van der Waals surface area contributed by atoms with Crippen molar-refractivity contribution < 1.29 is 9.90 Å². The topological polar surface area (TPSA) is 49.3 Å². The van der Waals surface area contributed by atoms with Crippen LogP contribution < -0.4 is 5.32 Å². The molecule has 98 valence electrons. The normalized spacial score (nSPS) is 23.8. The molecule has 1 heterocycles. The van der Waals surface area contributed by atoms with Crippen LogP contribution in [-0.4, -0.2) is 24.2 Å². The molecule has 1 fully saturated rings. The van der Waals surface area contributed by atoms with Crippen LogP contribution in [0.3, 0.4) is 0 Å². The first kappa shape index (κ1) is 13.1. The quantitative estimate of drug-likeness (QED) is 0.840. The molecule has 3 nitrogen and oxygen atoms in total. The molecule has 0 bridgehead atoms. The number of rotatable bonds is 5. The number of carbonyl (C=O) groups is 1. The molecular weight excluding hydrogens is 226 g/mol. The zero-order chi connectivity index (χ0) is 12.8. The van der Waals surface area contributed by atoms with E-state index in [1.165, 1.54) is 5.56 Å². The van der Waals surface area contributed by atoms with E-state index in [9.17, 15) is 4.79 Å². The van der Waals surface area contributed by atoms with Crippen molar-refractivity contribution in [1.82, 2.24) is 5.32 Å². The molecule has 2 N–H and O–H groups in total. The zero-order valence-corrected chi connectivity index (χ0v) is 10.7. The molecule has 1 saturated heterocycles. The van der Waals surface area contributed by atoms with E-state index in [1.54, 1.807) is 0 Å². The minimum Gasteiger partial charge on any atom is -0.481 e. The molecule has 0 amide bonds. The van der Waals surface area contributed by atoms with E-state index in [4.69, 9.17) is 5.11 Å². The lowest BCUT2D eigenvalue weighted by Gasteiger charge is -2.38. The van der Waals surface area contributed by atoms with Crippen molar-refractivity contribution in [1.29, 1.82) is 0 Å². The first-order valence-corrected chi connectivity index (χ1v) is 6.67. The van der Waals surface area contributed by atoms with Gasteiger partial charge in [-0.25, -0.2) is 0 Å². The second kappa shape index (κ2) is 6.01. The van der Waals surface area contributed by atoms with Gasteiger partial charge in [-0.05, 0) is 43.2 Å². The molecule has 2 rings (SSSR count). The fourth-order valence-electron chi connectivity index (χ4n) is 2.88. The highest BCUT2D eigenvalue weighted by Gasteiger charge is 2.32. The third kappa shape index (κ3) is 3.57. The fourth-order valence-corrected chi connectivity index (χ4v) is 2.88. The van der Waals surface area contributed by atoms with Crippen LogP contribution in [0.5, 0.6) is 0 Å². The van der Waals surface area contributed by atoms with Crippen molar-refractivity contribution in [3.05, 3.63) is 35.9 Å². The Morgan fingerprint density at radius 1 is 1.33 bits per heavy atom. The Hall–Kier alpha value is -1.35. The Labute approximate surface area is 108 Å².